The summed E-state index contributed by atoms with van der Waals surface area (Å²) >= 11 is 0. The maximum absolute atomic E-state index is 11.5. The highest BCUT2D eigenvalue weighted by atomic mass is 16.5. The third-order valence-electron chi connectivity index (χ3n) is 4.54. The fourth-order valence-electron chi connectivity index (χ4n) is 2.99. The summed E-state index contributed by atoms with van der Waals surface area (Å²) in [4.78, 5) is 18.3. The zero-order valence-electron chi connectivity index (χ0n) is 13.1. The normalized spacial score (nSPS) is 18.4. The van der Waals surface area contributed by atoms with Gasteiger partial charge in [0, 0.05) is 24.4 Å². The van der Waals surface area contributed by atoms with E-state index in [9.17, 15) is 9.90 Å². The highest BCUT2D eigenvalue weighted by molar-refractivity contribution is 5.74. The lowest BCUT2D eigenvalue weighted by Crippen LogP contribution is -2.43. The summed E-state index contributed by atoms with van der Waals surface area (Å²) in [6.45, 7) is 6.28. The first-order chi connectivity index (χ1) is 9.99. The molecule has 116 valence electrons. The van der Waals surface area contributed by atoms with Crippen LogP contribution < -0.4 is 4.74 Å². The van der Waals surface area contributed by atoms with Crippen molar-refractivity contribution in [2.75, 3.05) is 20.2 Å². The van der Waals surface area contributed by atoms with Gasteiger partial charge in [-0.3, -0.25) is 14.7 Å². The number of carbonyl (C=O) groups is 1. The van der Waals surface area contributed by atoms with Crippen molar-refractivity contribution in [2.45, 2.75) is 39.7 Å². The summed E-state index contributed by atoms with van der Waals surface area (Å²) < 4.78 is 5.27. The van der Waals surface area contributed by atoms with E-state index in [2.05, 4.69) is 9.88 Å². The quantitative estimate of drug-likeness (QED) is 0.903. The molecular weight excluding hydrogens is 268 g/mol. The maximum Gasteiger partial charge on any atom is 0.309 e. The molecule has 0 amide bonds. The summed E-state index contributed by atoms with van der Waals surface area (Å²) in [5.41, 5.74) is 1.38. The van der Waals surface area contributed by atoms with Gasteiger partial charge in [-0.2, -0.15) is 0 Å². The van der Waals surface area contributed by atoms with Crippen LogP contribution in [0, 0.1) is 12.3 Å². The molecule has 0 spiro atoms. The molecule has 0 aliphatic carbocycles. The van der Waals surface area contributed by atoms with Crippen LogP contribution in [-0.4, -0.2) is 41.2 Å². The lowest BCUT2D eigenvalue weighted by Gasteiger charge is -2.38. The number of piperidine rings is 1. The minimum absolute atomic E-state index is 0.534. The summed E-state index contributed by atoms with van der Waals surface area (Å²) in [5, 5.41) is 9.42. The highest BCUT2D eigenvalue weighted by Crippen LogP contribution is 2.35. The molecule has 1 saturated heterocycles. The molecule has 0 bridgehead atoms. The Hall–Kier alpha value is -1.62. The second-order valence-electron chi connectivity index (χ2n) is 5.85. The van der Waals surface area contributed by atoms with Gasteiger partial charge < -0.3 is 9.84 Å². The number of aliphatic carboxylic acids is 1. The van der Waals surface area contributed by atoms with Crippen molar-refractivity contribution < 1.29 is 14.6 Å². The predicted octanol–water partition coefficient (Wildman–Crippen LogP) is 2.48. The van der Waals surface area contributed by atoms with Crippen molar-refractivity contribution >= 4 is 5.97 Å². The average molecular weight is 292 g/mol. The van der Waals surface area contributed by atoms with E-state index in [1.54, 1.807) is 7.11 Å². The number of aryl methyl sites for hydroxylation is 1. The van der Waals surface area contributed by atoms with Crippen molar-refractivity contribution in [3.63, 3.8) is 0 Å². The topological polar surface area (TPSA) is 62.7 Å². The Kier molecular flexibility index (Phi) is 4.83. The monoisotopic (exact) mass is 292 g/mol. The van der Waals surface area contributed by atoms with E-state index >= 15 is 0 Å². The standard InChI is InChI=1S/C16H24N2O3/c1-4-16(15(19)20)5-7-18(8-6-16)11-13-10-14(21-3)9-12(2)17-13/h9-10H,4-8,11H2,1-3H3,(H,19,20). The van der Waals surface area contributed by atoms with E-state index < -0.39 is 11.4 Å². The van der Waals surface area contributed by atoms with Crippen molar-refractivity contribution in [3.05, 3.63) is 23.5 Å². The van der Waals surface area contributed by atoms with E-state index in [1.165, 1.54) is 0 Å². The first-order valence-electron chi connectivity index (χ1n) is 7.46. The van der Waals surface area contributed by atoms with E-state index in [0.29, 0.717) is 19.3 Å². The first-order valence-corrected chi connectivity index (χ1v) is 7.46. The zero-order valence-corrected chi connectivity index (χ0v) is 13.1. The Bertz CT molecular complexity index is 508. The second kappa shape index (κ2) is 6.43. The van der Waals surface area contributed by atoms with Gasteiger partial charge in [-0.15, -0.1) is 0 Å². The highest BCUT2D eigenvalue weighted by Gasteiger charge is 2.39. The number of nitrogens with zero attached hydrogens (tertiary/aromatic N) is 2. The molecule has 1 N–H and O–H groups in total. The number of rotatable bonds is 5. The van der Waals surface area contributed by atoms with Gasteiger partial charge >= 0.3 is 5.97 Å². The minimum atomic E-state index is -0.653. The number of carboxylic acid groups (broad SMARTS) is 1. The molecule has 21 heavy (non-hydrogen) atoms. The molecular formula is C16H24N2O3. The number of hydrogen-bond acceptors (Lipinski definition) is 4. The number of pyridine rings is 1. The Morgan fingerprint density at radius 2 is 2.10 bits per heavy atom. The van der Waals surface area contributed by atoms with Gasteiger partial charge in [-0.05, 0) is 39.3 Å². The van der Waals surface area contributed by atoms with E-state index in [0.717, 1.165) is 36.8 Å². The first kappa shape index (κ1) is 15.8. The van der Waals surface area contributed by atoms with Gasteiger partial charge in [0.15, 0.2) is 0 Å². The van der Waals surface area contributed by atoms with Crippen LogP contribution in [0.25, 0.3) is 0 Å². The third kappa shape index (κ3) is 3.53. The number of hydrogen-bond donors (Lipinski definition) is 1. The molecule has 1 aromatic rings. The van der Waals surface area contributed by atoms with Crippen LogP contribution in [0.2, 0.25) is 0 Å². The lowest BCUT2D eigenvalue weighted by molar-refractivity contribution is -0.152. The van der Waals surface area contributed by atoms with Gasteiger partial charge in [0.05, 0.1) is 18.2 Å². The van der Waals surface area contributed by atoms with Crippen LogP contribution in [0.4, 0.5) is 0 Å². The molecule has 1 fully saturated rings. The molecule has 2 rings (SSSR count). The number of ether oxygens (including phenoxy) is 1. The smallest absolute Gasteiger partial charge is 0.309 e. The van der Waals surface area contributed by atoms with Crippen LogP contribution in [-0.2, 0) is 11.3 Å². The number of likely N-dealkylation sites (tertiary alicyclic amines) is 1. The van der Waals surface area contributed by atoms with Crippen molar-refractivity contribution in [1.82, 2.24) is 9.88 Å². The fourth-order valence-corrected chi connectivity index (χ4v) is 2.99. The van der Waals surface area contributed by atoms with E-state index in [1.807, 2.05) is 26.0 Å². The van der Waals surface area contributed by atoms with Crippen LogP contribution in [0.5, 0.6) is 5.75 Å². The molecule has 0 saturated carbocycles. The fraction of sp³-hybridized carbons (Fsp3) is 0.625. The second-order valence-corrected chi connectivity index (χ2v) is 5.85. The molecule has 0 unspecified atom stereocenters. The van der Waals surface area contributed by atoms with Crippen LogP contribution in [0.3, 0.4) is 0 Å². The van der Waals surface area contributed by atoms with Crippen LogP contribution in [0.15, 0.2) is 12.1 Å². The van der Waals surface area contributed by atoms with Gasteiger partial charge in [0.2, 0.25) is 0 Å². The van der Waals surface area contributed by atoms with Crippen molar-refractivity contribution in [2.24, 2.45) is 5.41 Å². The number of aromatic nitrogens is 1. The van der Waals surface area contributed by atoms with Crippen LogP contribution >= 0.6 is 0 Å². The number of methoxy groups -OCH3 is 1. The molecule has 1 aromatic heterocycles. The van der Waals surface area contributed by atoms with Gasteiger partial charge in [-0.25, -0.2) is 0 Å². The summed E-state index contributed by atoms with van der Waals surface area (Å²) in [6.07, 6.45) is 2.12. The maximum atomic E-state index is 11.5. The molecule has 5 nitrogen and oxygen atoms in total. The molecule has 0 aromatic carbocycles. The van der Waals surface area contributed by atoms with E-state index in [4.69, 9.17) is 4.74 Å². The summed E-state index contributed by atoms with van der Waals surface area (Å²) in [5.74, 6) is 0.169. The molecule has 5 heteroatoms. The van der Waals surface area contributed by atoms with Gasteiger partial charge in [-0.1, -0.05) is 6.92 Å². The van der Waals surface area contributed by atoms with Gasteiger partial charge in [0.25, 0.3) is 0 Å². The van der Waals surface area contributed by atoms with Crippen molar-refractivity contribution in [1.29, 1.82) is 0 Å². The Balaban J connectivity index is 2.00. The lowest BCUT2D eigenvalue weighted by atomic mass is 9.76. The predicted molar refractivity (Wildman–Crippen MR) is 80.4 cm³/mol. The average Bonchev–Trinajstić information content (AvgIpc) is 2.47. The summed E-state index contributed by atoms with van der Waals surface area (Å²) in [7, 11) is 1.65. The van der Waals surface area contributed by atoms with Crippen molar-refractivity contribution in [3.8, 4) is 5.75 Å². The molecule has 0 atom stereocenters. The Morgan fingerprint density at radius 3 is 2.62 bits per heavy atom. The van der Waals surface area contributed by atoms with Gasteiger partial charge in [0.1, 0.15) is 5.75 Å². The molecule has 1 aliphatic heterocycles. The Morgan fingerprint density at radius 1 is 1.43 bits per heavy atom. The molecule has 2 heterocycles. The SMILES string of the molecule is CCC1(C(=O)O)CCN(Cc2cc(OC)cc(C)n2)CC1. The number of carboxylic acids is 1. The minimum Gasteiger partial charge on any atom is -0.497 e. The zero-order chi connectivity index (χ0) is 15.5. The third-order valence-corrected chi connectivity index (χ3v) is 4.54. The largest absolute Gasteiger partial charge is 0.497 e. The van der Waals surface area contributed by atoms with E-state index in [-0.39, 0.29) is 0 Å². The Labute approximate surface area is 125 Å². The molecule has 0 radical (unpaired) electrons. The van der Waals surface area contributed by atoms with Crippen LogP contribution in [0.1, 0.15) is 37.6 Å². The molecule has 1 aliphatic rings. The summed E-state index contributed by atoms with van der Waals surface area (Å²) in [6, 6.07) is 3.86.